The SMILES string of the molecule is CSc1c(C(CC(=O)O)c2ccc(F)cc2)ccc2c3ccccc3n(Cc3ccc(F)cc3)c12. The lowest BCUT2D eigenvalue weighted by Gasteiger charge is -2.21. The Morgan fingerprint density at radius 2 is 1.54 bits per heavy atom. The van der Waals surface area contributed by atoms with Gasteiger partial charge in [0.1, 0.15) is 11.6 Å². The minimum absolute atomic E-state index is 0.108. The van der Waals surface area contributed by atoms with Crippen molar-refractivity contribution in [2.75, 3.05) is 6.26 Å². The quantitative estimate of drug-likeness (QED) is 0.243. The lowest BCUT2D eigenvalue weighted by Crippen LogP contribution is -2.10. The van der Waals surface area contributed by atoms with Gasteiger partial charge in [0.15, 0.2) is 0 Å². The molecule has 0 bridgehead atoms. The fourth-order valence-electron chi connectivity index (χ4n) is 4.83. The molecule has 1 unspecified atom stereocenters. The second-order valence-electron chi connectivity index (χ2n) is 8.52. The van der Waals surface area contributed by atoms with Crippen molar-refractivity contribution in [2.24, 2.45) is 0 Å². The predicted molar refractivity (Wildman–Crippen MR) is 137 cm³/mol. The molecular weight excluding hydrogens is 464 g/mol. The zero-order valence-electron chi connectivity index (χ0n) is 19.0. The number of para-hydroxylation sites is 1. The maximum absolute atomic E-state index is 13.6. The molecular formula is C29H23F2NO2S. The number of aromatic nitrogens is 1. The fraction of sp³-hybridized carbons (Fsp3) is 0.138. The molecule has 1 heterocycles. The molecule has 6 heteroatoms. The minimum atomic E-state index is -0.918. The summed E-state index contributed by atoms with van der Waals surface area (Å²) in [4.78, 5) is 12.8. The van der Waals surface area contributed by atoms with Crippen LogP contribution in [0.5, 0.6) is 0 Å². The molecule has 0 radical (unpaired) electrons. The maximum Gasteiger partial charge on any atom is 0.304 e. The summed E-state index contributed by atoms with van der Waals surface area (Å²) in [5.41, 5.74) is 4.67. The lowest BCUT2D eigenvalue weighted by atomic mass is 9.88. The molecule has 176 valence electrons. The largest absolute Gasteiger partial charge is 0.481 e. The van der Waals surface area contributed by atoms with Gasteiger partial charge in [-0.25, -0.2) is 8.78 Å². The number of rotatable bonds is 7. The zero-order valence-corrected chi connectivity index (χ0v) is 19.9. The van der Waals surface area contributed by atoms with E-state index in [0.29, 0.717) is 6.54 Å². The molecule has 0 saturated heterocycles. The van der Waals surface area contributed by atoms with Gasteiger partial charge in [-0.15, -0.1) is 11.8 Å². The number of carboxylic acid groups (broad SMARTS) is 1. The minimum Gasteiger partial charge on any atom is -0.481 e. The first-order chi connectivity index (χ1) is 17.0. The number of fused-ring (bicyclic) bond motifs is 3. The number of halogens is 2. The van der Waals surface area contributed by atoms with E-state index in [0.717, 1.165) is 43.4 Å². The van der Waals surface area contributed by atoms with Crippen molar-refractivity contribution in [2.45, 2.75) is 23.8 Å². The van der Waals surface area contributed by atoms with Crippen LogP contribution in [0.4, 0.5) is 8.78 Å². The van der Waals surface area contributed by atoms with Gasteiger partial charge in [0.2, 0.25) is 0 Å². The first kappa shape index (κ1) is 23.1. The van der Waals surface area contributed by atoms with E-state index in [9.17, 15) is 18.7 Å². The summed E-state index contributed by atoms with van der Waals surface area (Å²) in [7, 11) is 0. The number of benzene rings is 4. The highest BCUT2D eigenvalue weighted by Gasteiger charge is 2.24. The average molecular weight is 488 g/mol. The van der Waals surface area contributed by atoms with E-state index >= 15 is 0 Å². The fourth-order valence-corrected chi connectivity index (χ4v) is 5.69. The monoisotopic (exact) mass is 487 g/mol. The molecule has 0 fully saturated rings. The first-order valence-corrected chi connectivity index (χ1v) is 12.5. The number of hydrogen-bond acceptors (Lipinski definition) is 2. The van der Waals surface area contributed by atoms with Crippen molar-refractivity contribution in [1.29, 1.82) is 0 Å². The Hall–Kier alpha value is -3.64. The third-order valence-corrected chi connectivity index (χ3v) is 7.24. The van der Waals surface area contributed by atoms with E-state index in [-0.39, 0.29) is 18.1 Å². The van der Waals surface area contributed by atoms with Gasteiger partial charge in [0, 0.05) is 33.6 Å². The normalized spacial score (nSPS) is 12.3. The number of nitrogens with zero attached hydrogens (tertiary/aromatic N) is 1. The van der Waals surface area contributed by atoms with Gasteiger partial charge in [-0.1, -0.05) is 54.6 Å². The molecule has 0 saturated carbocycles. The van der Waals surface area contributed by atoms with E-state index in [4.69, 9.17) is 0 Å². The second kappa shape index (κ2) is 9.55. The predicted octanol–water partition coefficient (Wildman–Crippen LogP) is 7.45. The summed E-state index contributed by atoms with van der Waals surface area (Å²) < 4.78 is 29.4. The Labute approximate surface area is 206 Å². The molecule has 5 aromatic rings. The van der Waals surface area contributed by atoms with Crippen molar-refractivity contribution < 1.29 is 18.7 Å². The number of aliphatic carboxylic acids is 1. The molecule has 35 heavy (non-hydrogen) atoms. The third-order valence-electron chi connectivity index (χ3n) is 6.40. The van der Waals surface area contributed by atoms with Crippen molar-refractivity contribution in [1.82, 2.24) is 4.57 Å². The Bertz CT molecular complexity index is 1530. The van der Waals surface area contributed by atoms with E-state index < -0.39 is 11.9 Å². The van der Waals surface area contributed by atoms with Crippen LogP contribution in [0, 0.1) is 11.6 Å². The molecule has 4 aromatic carbocycles. The maximum atomic E-state index is 13.6. The summed E-state index contributed by atoms with van der Waals surface area (Å²) >= 11 is 1.57. The van der Waals surface area contributed by atoms with E-state index in [2.05, 4.69) is 16.7 Å². The van der Waals surface area contributed by atoms with Gasteiger partial charge in [0.05, 0.1) is 11.9 Å². The van der Waals surface area contributed by atoms with Gasteiger partial charge < -0.3 is 9.67 Å². The van der Waals surface area contributed by atoms with E-state index in [1.165, 1.54) is 24.3 Å². The zero-order chi connectivity index (χ0) is 24.5. The Balaban J connectivity index is 1.77. The third kappa shape index (κ3) is 4.42. The van der Waals surface area contributed by atoms with Gasteiger partial charge >= 0.3 is 5.97 Å². The molecule has 3 nitrogen and oxygen atoms in total. The van der Waals surface area contributed by atoms with Gasteiger partial charge in [-0.2, -0.15) is 0 Å². The van der Waals surface area contributed by atoms with Crippen LogP contribution in [0.15, 0.2) is 89.8 Å². The van der Waals surface area contributed by atoms with Crippen LogP contribution >= 0.6 is 11.8 Å². The molecule has 0 aliphatic heterocycles. The molecule has 0 spiro atoms. The Morgan fingerprint density at radius 1 is 0.886 bits per heavy atom. The smallest absolute Gasteiger partial charge is 0.304 e. The molecule has 0 aliphatic rings. The summed E-state index contributed by atoms with van der Waals surface area (Å²) in [6, 6.07) is 24.7. The van der Waals surface area contributed by atoms with Crippen molar-refractivity contribution in [3.8, 4) is 0 Å². The summed E-state index contributed by atoms with van der Waals surface area (Å²) in [6.45, 7) is 0.543. The van der Waals surface area contributed by atoms with Crippen LogP contribution in [0.25, 0.3) is 21.8 Å². The Kier molecular flexibility index (Phi) is 6.31. The molecule has 0 amide bonds. The second-order valence-corrected chi connectivity index (χ2v) is 9.33. The number of carboxylic acids is 1. The summed E-state index contributed by atoms with van der Waals surface area (Å²) in [6.07, 6.45) is 1.88. The van der Waals surface area contributed by atoms with E-state index in [1.54, 1.807) is 36.0 Å². The molecule has 1 aromatic heterocycles. The van der Waals surface area contributed by atoms with Crippen LogP contribution in [-0.4, -0.2) is 21.9 Å². The van der Waals surface area contributed by atoms with Crippen molar-refractivity contribution >= 4 is 39.5 Å². The number of hydrogen-bond donors (Lipinski definition) is 1. The first-order valence-electron chi connectivity index (χ1n) is 11.3. The summed E-state index contributed by atoms with van der Waals surface area (Å²) in [5.74, 6) is -1.99. The highest BCUT2D eigenvalue weighted by Crippen LogP contribution is 2.42. The number of thioether (sulfide) groups is 1. The van der Waals surface area contributed by atoms with E-state index in [1.807, 2.05) is 30.5 Å². The van der Waals surface area contributed by atoms with Crippen molar-refractivity contribution in [3.63, 3.8) is 0 Å². The molecule has 1 atom stereocenters. The molecule has 1 N–H and O–H groups in total. The van der Waals surface area contributed by atoms with Crippen LogP contribution < -0.4 is 0 Å². The standard InChI is InChI=1S/C29H23F2NO2S/c1-35-29-24(25(16-27(33)34)19-8-12-21(31)13-9-19)15-14-23-22-4-2-3-5-26(22)32(28(23)29)17-18-6-10-20(30)11-7-18/h2-15,25H,16-17H2,1H3,(H,33,34). The van der Waals surface area contributed by atoms with Gasteiger partial charge in [-0.3, -0.25) is 4.79 Å². The van der Waals surface area contributed by atoms with Crippen molar-refractivity contribution in [3.05, 3.63) is 113 Å². The molecule has 0 aliphatic carbocycles. The van der Waals surface area contributed by atoms with Crippen LogP contribution in [-0.2, 0) is 11.3 Å². The topological polar surface area (TPSA) is 42.2 Å². The highest BCUT2D eigenvalue weighted by atomic mass is 32.2. The Morgan fingerprint density at radius 3 is 2.20 bits per heavy atom. The highest BCUT2D eigenvalue weighted by molar-refractivity contribution is 7.98. The van der Waals surface area contributed by atoms with Crippen LogP contribution in [0.2, 0.25) is 0 Å². The number of carbonyl (C=O) groups is 1. The summed E-state index contributed by atoms with van der Waals surface area (Å²) in [5, 5.41) is 11.9. The lowest BCUT2D eigenvalue weighted by molar-refractivity contribution is -0.137. The van der Waals surface area contributed by atoms with Crippen LogP contribution in [0.1, 0.15) is 29.0 Å². The van der Waals surface area contributed by atoms with Gasteiger partial charge in [-0.05, 0) is 53.3 Å². The molecule has 5 rings (SSSR count). The van der Waals surface area contributed by atoms with Crippen LogP contribution in [0.3, 0.4) is 0 Å². The van der Waals surface area contributed by atoms with Gasteiger partial charge in [0.25, 0.3) is 0 Å². The average Bonchev–Trinajstić information content (AvgIpc) is 3.17.